The topological polar surface area (TPSA) is 73.4 Å². The van der Waals surface area contributed by atoms with Crippen molar-refractivity contribution in [2.45, 2.75) is 13.8 Å². The fraction of sp³-hybridized carbons (Fsp3) is 0.105. The zero-order valence-corrected chi connectivity index (χ0v) is 12.8. The van der Waals surface area contributed by atoms with Crippen molar-refractivity contribution in [3.63, 3.8) is 0 Å². The normalized spacial score (nSPS) is 14.0. The van der Waals surface area contributed by atoms with Crippen LogP contribution in [0.5, 0.6) is 0 Å². The molecule has 0 unspecified atom stereocenters. The molecular formula is C19H14N2O2. The van der Waals surface area contributed by atoms with Crippen molar-refractivity contribution in [2.24, 2.45) is 4.99 Å². The number of benzene rings is 2. The molecule has 0 amide bonds. The lowest BCUT2D eigenvalue weighted by Crippen LogP contribution is -2.09. The van der Waals surface area contributed by atoms with E-state index in [-0.39, 0.29) is 22.8 Å². The van der Waals surface area contributed by atoms with Crippen LogP contribution >= 0.6 is 0 Å². The van der Waals surface area contributed by atoms with E-state index in [0.717, 1.165) is 11.1 Å². The minimum absolute atomic E-state index is 0.0328. The molecule has 0 saturated carbocycles. The maximum Gasteiger partial charge on any atom is 0.200 e. The van der Waals surface area contributed by atoms with E-state index >= 15 is 0 Å². The molecule has 112 valence electrons. The smallest absolute Gasteiger partial charge is 0.200 e. The van der Waals surface area contributed by atoms with Gasteiger partial charge >= 0.3 is 0 Å². The van der Waals surface area contributed by atoms with Gasteiger partial charge in [0.25, 0.3) is 0 Å². The molecule has 3 rings (SSSR count). The number of hydrogen-bond acceptors (Lipinski definition) is 4. The highest BCUT2D eigenvalue weighted by molar-refractivity contribution is 6.39. The highest BCUT2D eigenvalue weighted by atomic mass is 16.3. The Balaban J connectivity index is 2.15. The number of aliphatic hydroxyl groups excluding tert-OH is 1. The van der Waals surface area contributed by atoms with Crippen molar-refractivity contribution in [1.29, 1.82) is 5.26 Å². The van der Waals surface area contributed by atoms with Crippen LogP contribution in [0.2, 0.25) is 0 Å². The maximum absolute atomic E-state index is 12.5. The van der Waals surface area contributed by atoms with Crippen LogP contribution in [-0.2, 0) is 0 Å². The number of nitriles is 1. The largest absolute Gasteiger partial charge is 0.506 e. The summed E-state index contributed by atoms with van der Waals surface area (Å²) >= 11 is 0. The molecule has 0 saturated heterocycles. The SMILES string of the molecule is Cc1cccc(N=C(C#N)C2=C(O)c3ccccc3C2=O)c1C. The highest BCUT2D eigenvalue weighted by Crippen LogP contribution is 2.32. The molecule has 4 nitrogen and oxygen atoms in total. The zero-order chi connectivity index (χ0) is 16.6. The molecule has 2 aromatic rings. The molecule has 0 aromatic heterocycles. The van der Waals surface area contributed by atoms with Crippen LogP contribution in [0.4, 0.5) is 5.69 Å². The van der Waals surface area contributed by atoms with Crippen LogP contribution < -0.4 is 0 Å². The minimum atomic E-state index is -0.372. The number of rotatable bonds is 2. The van der Waals surface area contributed by atoms with Crippen LogP contribution in [0.3, 0.4) is 0 Å². The summed E-state index contributed by atoms with van der Waals surface area (Å²) in [5.74, 6) is -0.556. The number of aryl methyl sites for hydroxylation is 1. The monoisotopic (exact) mass is 302 g/mol. The Labute approximate surface area is 134 Å². The molecule has 0 bridgehead atoms. The van der Waals surface area contributed by atoms with Gasteiger partial charge in [-0.3, -0.25) is 4.79 Å². The van der Waals surface area contributed by atoms with Gasteiger partial charge in [-0.15, -0.1) is 0 Å². The van der Waals surface area contributed by atoms with E-state index in [1.807, 2.05) is 32.0 Å². The number of Topliss-reactive ketones (excluding diaryl/α,β-unsaturated/α-hetero) is 1. The van der Waals surface area contributed by atoms with Gasteiger partial charge in [-0.05, 0) is 31.0 Å². The predicted molar refractivity (Wildman–Crippen MR) is 88.9 cm³/mol. The van der Waals surface area contributed by atoms with E-state index in [0.29, 0.717) is 16.8 Å². The van der Waals surface area contributed by atoms with Gasteiger partial charge in [0.05, 0.1) is 5.69 Å². The third kappa shape index (κ3) is 2.33. The summed E-state index contributed by atoms with van der Waals surface area (Å²) in [6.45, 7) is 3.86. The number of aliphatic hydroxyl groups is 1. The van der Waals surface area contributed by atoms with Gasteiger partial charge in [-0.1, -0.05) is 36.4 Å². The number of carbonyl (C=O) groups is 1. The van der Waals surface area contributed by atoms with Crippen molar-refractivity contribution < 1.29 is 9.90 Å². The van der Waals surface area contributed by atoms with Gasteiger partial charge < -0.3 is 5.11 Å². The molecule has 0 radical (unpaired) electrons. The highest BCUT2D eigenvalue weighted by Gasteiger charge is 2.32. The standard InChI is InChI=1S/C19H14N2O2/c1-11-6-5-9-15(12(11)2)21-16(10-20)17-18(22)13-7-3-4-8-14(13)19(17)23/h3-9,22H,1-2H3. The summed E-state index contributed by atoms with van der Waals surface area (Å²) in [5.41, 5.74) is 3.32. The second-order valence-electron chi connectivity index (χ2n) is 5.39. The first-order valence-electron chi connectivity index (χ1n) is 7.17. The zero-order valence-electron chi connectivity index (χ0n) is 12.8. The van der Waals surface area contributed by atoms with E-state index in [1.54, 1.807) is 30.3 Å². The lowest BCUT2D eigenvalue weighted by atomic mass is 10.1. The Bertz CT molecular complexity index is 931. The van der Waals surface area contributed by atoms with Crippen LogP contribution in [-0.4, -0.2) is 16.6 Å². The number of nitrogens with zero attached hydrogens (tertiary/aromatic N) is 2. The number of fused-ring (bicyclic) bond motifs is 1. The number of ketones is 1. The fourth-order valence-electron chi connectivity index (χ4n) is 2.60. The molecule has 1 aliphatic carbocycles. The number of hydrogen-bond donors (Lipinski definition) is 1. The van der Waals surface area contributed by atoms with Gasteiger partial charge in [0.1, 0.15) is 17.4 Å². The molecule has 23 heavy (non-hydrogen) atoms. The molecule has 0 aliphatic heterocycles. The number of allylic oxidation sites excluding steroid dienone is 1. The van der Waals surface area contributed by atoms with E-state index < -0.39 is 0 Å². The maximum atomic E-state index is 12.5. The molecule has 2 aromatic carbocycles. The lowest BCUT2D eigenvalue weighted by Gasteiger charge is -2.05. The summed E-state index contributed by atoms with van der Waals surface area (Å²) in [5, 5.41) is 19.8. The number of aliphatic imine (C=N–C) groups is 1. The van der Waals surface area contributed by atoms with E-state index in [2.05, 4.69) is 4.99 Å². The van der Waals surface area contributed by atoms with Crippen LogP contribution in [0.15, 0.2) is 53.0 Å². The van der Waals surface area contributed by atoms with Crippen LogP contribution in [0, 0.1) is 25.2 Å². The van der Waals surface area contributed by atoms with E-state index in [4.69, 9.17) is 0 Å². The van der Waals surface area contributed by atoms with Crippen molar-refractivity contribution in [2.75, 3.05) is 0 Å². The lowest BCUT2D eigenvalue weighted by molar-refractivity contribution is 0.104. The van der Waals surface area contributed by atoms with Crippen molar-refractivity contribution >= 4 is 22.9 Å². The van der Waals surface area contributed by atoms with Crippen LogP contribution in [0.25, 0.3) is 5.76 Å². The van der Waals surface area contributed by atoms with Gasteiger partial charge in [-0.25, -0.2) is 4.99 Å². The average molecular weight is 302 g/mol. The average Bonchev–Trinajstić information content (AvgIpc) is 2.81. The van der Waals surface area contributed by atoms with E-state index in [9.17, 15) is 15.2 Å². The molecule has 0 fully saturated rings. The fourth-order valence-corrected chi connectivity index (χ4v) is 2.60. The first-order chi connectivity index (χ1) is 11.0. The molecule has 4 heteroatoms. The Morgan fingerprint density at radius 1 is 1.09 bits per heavy atom. The van der Waals surface area contributed by atoms with Gasteiger partial charge in [-0.2, -0.15) is 5.26 Å². The summed E-state index contributed by atoms with van der Waals surface area (Å²) < 4.78 is 0. The Morgan fingerprint density at radius 3 is 2.43 bits per heavy atom. The Kier molecular flexibility index (Phi) is 3.55. The summed E-state index contributed by atoms with van der Waals surface area (Å²) in [6, 6.07) is 14.3. The molecule has 1 N–H and O–H groups in total. The quantitative estimate of drug-likeness (QED) is 0.850. The first-order valence-corrected chi connectivity index (χ1v) is 7.17. The van der Waals surface area contributed by atoms with Crippen molar-refractivity contribution in [3.05, 3.63) is 70.3 Å². The van der Waals surface area contributed by atoms with Gasteiger partial charge in [0.15, 0.2) is 11.5 Å². The Hall–Kier alpha value is -3.19. The van der Waals surface area contributed by atoms with Gasteiger partial charge in [0, 0.05) is 11.1 Å². The van der Waals surface area contributed by atoms with Crippen LogP contribution in [0.1, 0.15) is 27.0 Å². The Morgan fingerprint density at radius 2 is 1.78 bits per heavy atom. The van der Waals surface area contributed by atoms with Gasteiger partial charge in [0.2, 0.25) is 0 Å². The number of carbonyl (C=O) groups excluding carboxylic acids is 1. The summed E-state index contributed by atoms with van der Waals surface area (Å²) in [6.07, 6.45) is 0. The molecule has 1 aliphatic rings. The molecule has 0 spiro atoms. The molecule has 0 atom stereocenters. The molecular weight excluding hydrogens is 288 g/mol. The third-order valence-corrected chi connectivity index (χ3v) is 4.04. The second kappa shape index (κ2) is 5.54. The molecule has 0 heterocycles. The second-order valence-corrected chi connectivity index (χ2v) is 5.39. The summed E-state index contributed by atoms with van der Waals surface area (Å²) in [7, 11) is 0. The van der Waals surface area contributed by atoms with E-state index in [1.165, 1.54) is 0 Å². The minimum Gasteiger partial charge on any atom is -0.506 e. The first kappa shape index (κ1) is 14.7. The van der Waals surface area contributed by atoms with Crippen molar-refractivity contribution in [1.82, 2.24) is 0 Å². The predicted octanol–water partition coefficient (Wildman–Crippen LogP) is 4.07. The summed E-state index contributed by atoms with van der Waals surface area (Å²) in [4.78, 5) is 16.8. The third-order valence-electron chi connectivity index (χ3n) is 4.04. The van der Waals surface area contributed by atoms with Crippen molar-refractivity contribution in [3.8, 4) is 6.07 Å².